The average molecular weight is 289 g/mol. The molecular weight excluding hydrogens is 274 g/mol. The highest BCUT2D eigenvalue weighted by molar-refractivity contribution is 8.00. The van der Waals surface area contributed by atoms with E-state index in [1.54, 1.807) is 0 Å². The van der Waals surface area contributed by atoms with Crippen LogP contribution < -0.4 is 16.6 Å². The highest BCUT2D eigenvalue weighted by Gasteiger charge is 2.43. The molecule has 0 unspecified atom stereocenters. The molecule has 1 fully saturated rings. The van der Waals surface area contributed by atoms with Gasteiger partial charge in [0.1, 0.15) is 17.2 Å². The fraction of sp³-hybridized carbons (Fsp3) is 0.600. The van der Waals surface area contributed by atoms with Crippen LogP contribution in [-0.2, 0) is 0 Å². The third-order valence-electron chi connectivity index (χ3n) is 3.03. The van der Waals surface area contributed by atoms with Gasteiger partial charge in [-0.15, -0.1) is 11.8 Å². The number of hydrogen-bond donors (Lipinski definition) is 5. The number of rotatable bonds is 3. The van der Waals surface area contributed by atoms with Gasteiger partial charge >= 0.3 is 5.69 Å². The lowest BCUT2D eigenvalue weighted by Crippen LogP contribution is -2.38. The topological polar surface area (TPSA) is 128 Å². The fourth-order valence-corrected chi connectivity index (χ4v) is 3.34. The lowest BCUT2D eigenvalue weighted by atomic mass is 10.1. The van der Waals surface area contributed by atoms with E-state index >= 15 is 0 Å². The Morgan fingerprint density at radius 2 is 2.11 bits per heavy atom. The van der Waals surface area contributed by atoms with Gasteiger partial charge in [-0.05, 0) is 0 Å². The van der Waals surface area contributed by atoms with Crippen LogP contribution in [0.1, 0.15) is 5.37 Å². The Morgan fingerprint density at radius 3 is 2.63 bits per heavy atom. The second kappa shape index (κ2) is 5.37. The van der Waals surface area contributed by atoms with E-state index < -0.39 is 34.1 Å². The second-order valence-corrected chi connectivity index (χ2v) is 5.55. The lowest BCUT2D eigenvalue weighted by Gasteiger charge is -2.18. The molecule has 0 aliphatic carbocycles. The van der Waals surface area contributed by atoms with Gasteiger partial charge in [-0.2, -0.15) is 0 Å². The highest BCUT2D eigenvalue weighted by atomic mass is 32.2. The van der Waals surface area contributed by atoms with Crippen molar-refractivity contribution in [3.63, 3.8) is 0 Å². The molecule has 4 atom stereocenters. The molecule has 19 heavy (non-hydrogen) atoms. The van der Waals surface area contributed by atoms with Gasteiger partial charge in [0.25, 0.3) is 5.56 Å². The number of anilines is 1. The molecule has 0 spiro atoms. The largest absolute Gasteiger partial charge is 0.395 e. The number of nitrogens with one attached hydrogen (secondary N) is 2. The maximum atomic E-state index is 11.8. The molecule has 2 heterocycles. The zero-order valence-electron chi connectivity index (χ0n) is 10.1. The van der Waals surface area contributed by atoms with E-state index in [9.17, 15) is 19.8 Å². The van der Waals surface area contributed by atoms with Gasteiger partial charge < -0.3 is 20.6 Å². The average Bonchev–Trinajstić information content (AvgIpc) is 2.67. The molecular formula is C10H15N3O5S. The summed E-state index contributed by atoms with van der Waals surface area (Å²) < 4.78 is 1.14. The molecule has 0 aromatic carbocycles. The Kier molecular flexibility index (Phi) is 3.99. The van der Waals surface area contributed by atoms with Crippen LogP contribution in [0.5, 0.6) is 0 Å². The van der Waals surface area contributed by atoms with E-state index in [-0.39, 0.29) is 12.3 Å². The van der Waals surface area contributed by atoms with Gasteiger partial charge in [-0.25, -0.2) is 4.79 Å². The van der Waals surface area contributed by atoms with Gasteiger partial charge in [0.05, 0.1) is 18.0 Å². The number of H-pyrrole nitrogens is 1. The Hall–Kier alpha value is -1.29. The summed E-state index contributed by atoms with van der Waals surface area (Å²) in [5.41, 5.74) is -1.05. The molecule has 5 N–H and O–H groups in total. The maximum Gasteiger partial charge on any atom is 0.329 e. The van der Waals surface area contributed by atoms with Crippen LogP contribution in [0.4, 0.5) is 5.69 Å². The lowest BCUT2D eigenvalue weighted by molar-refractivity contribution is 0.0101. The van der Waals surface area contributed by atoms with Gasteiger partial charge in [-0.1, -0.05) is 0 Å². The van der Waals surface area contributed by atoms with Crippen LogP contribution in [0.25, 0.3) is 0 Å². The summed E-state index contributed by atoms with van der Waals surface area (Å²) in [7, 11) is 1.53. The molecule has 0 bridgehead atoms. The summed E-state index contributed by atoms with van der Waals surface area (Å²) in [4.78, 5) is 25.3. The molecule has 1 aromatic rings. The van der Waals surface area contributed by atoms with Crippen molar-refractivity contribution >= 4 is 17.4 Å². The minimum absolute atomic E-state index is 0.175. The zero-order valence-corrected chi connectivity index (χ0v) is 10.9. The summed E-state index contributed by atoms with van der Waals surface area (Å²) in [6.07, 6.45) is -1.04. The number of aliphatic hydroxyl groups excluding tert-OH is 3. The van der Waals surface area contributed by atoms with Crippen LogP contribution in [0.3, 0.4) is 0 Å². The Labute approximate surface area is 112 Å². The van der Waals surface area contributed by atoms with Crippen molar-refractivity contribution < 1.29 is 15.3 Å². The second-order valence-electron chi connectivity index (χ2n) is 4.19. The Bertz CT molecular complexity index is 571. The van der Waals surface area contributed by atoms with Crippen LogP contribution in [0, 0.1) is 0 Å². The fourth-order valence-electron chi connectivity index (χ4n) is 1.96. The quantitative estimate of drug-likeness (QED) is 0.431. The van der Waals surface area contributed by atoms with Crippen molar-refractivity contribution in [3.05, 3.63) is 27.0 Å². The first-order valence-corrected chi connectivity index (χ1v) is 6.59. The first-order chi connectivity index (χ1) is 8.99. The first kappa shape index (κ1) is 14.1. The monoisotopic (exact) mass is 289 g/mol. The van der Waals surface area contributed by atoms with E-state index in [2.05, 4.69) is 10.3 Å². The Morgan fingerprint density at radius 1 is 1.42 bits per heavy atom. The number of aromatic amines is 1. The number of thioether (sulfide) groups is 1. The summed E-state index contributed by atoms with van der Waals surface area (Å²) >= 11 is 1.08. The van der Waals surface area contributed by atoms with E-state index in [1.807, 2.05) is 0 Å². The van der Waals surface area contributed by atoms with Crippen molar-refractivity contribution in [1.29, 1.82) is 0 Å². The molecule has 2 rings (SSSR count). The van der Waals surface area contributed by atoms with Crippen LogP contribution >= 0.6 is 11.8 Å². The molecule has 8 nitrogen and oxygen atoms in total. The molecule has 9 heteroatoms. The van der Waals surface area contributed by atoms with Crippen LogP contribution in [0.15, 0.2) is 15.8 Å². The summed E-state index contributed by atoms with van der Waals surface area (Å²) in [5, 5.41) is 30.0. The SMILES string of the molecule is CNc1cn([C@@H]2S[C@H](CO)[C@@H](O)[C@H]2O)c(=O)[nH]c1=O. The van der Waals surface area contributed by atoms with E-state index in [0.717, 1.165) is 16.3 Å². The minimum atomic E-state index is -1.20. The van der Waals surface area contributed by atoms with Gasteiger partial charge in [0, 0.05) is 13.2 Å². The number of nitrogens with zero attached hydrogens (tertiary/aromatic N) is 1. The standard InChI is InChI=1S/C10H15N3O5S/c1-11-4-2-13(10(18)12-8(4)17)9-7(16)6(15)5(3-14)19-9/h2,5-7,9,11,14-16H,3H2,1H3,(H,12,17,18)/t5-,6-,7-,9-/m1/s1. The van der Waals surface area contributed by atoms with E-state index in [4.69, 9.17) is 5.11 Å². The van der Waals surface area contributed by atoms with Gasteiger partial charge in [0.15, 0.2) is 0 Å². The molecule has 0 saturated carbocycles. The Balaban J connectivity index is 2.43. The van der Waals surface area contributed by atoms with Gasteiger partial charge in [-0.3, -0.25) is 14.3 Å². The minimum Gasteiger partial charge on any atom is -0.395 e. The van der Waals surface area contributed by atoms with Gasteiger partial charge in [0.2, 0.25) is 0 Å². The van der Waals surface area contributed by atoms with E-state index in [1.165, 1.54) is 13.2 Å². The normalized spacial score (nSPS) is 30.5. The summed E-state index contributed by atoms with van der Waals surface area (Å²) in [6.45, 7) is -0.309. The molecule has 1 aromatic heterocycles. The zero-order chi connectivity index (χ0) is 14.2. The molecule has 1 saturated heterocycles. The van der Waals surface area contributed by atoms with Crippen molar-refractivity contribution in [1.82, 2.24) is 9.55 Å². The highest BCUT2D eigenvalue weighted by Crippen LogP contribution is 2.40. The van der Waals surface area contributed by atoms with Crippen LogP contribution in [-0.4, -0.2) is 56.0 Å². The number of aliphatic hydroxyl groups is 3. The van der Waals surface area contributed by atoms with Crippen molar-refractivity contribution in [3.8, 4) is 0 Å². The third-order valence-corrected chi connectivity index (χ3v) is 4.59. The third kappa shape index (κ3) is 2.41. The van der Waals surface area contributed by atoms with Crippen molar-refractivity contribution in [2.75, 3.05) is 19.0 Å². The number of hydrogen-bond acceptors (Lipinski definition) is 7. The summed E-state index contributed by atoms with van der Waals surface area (Å²) in [5.74, 6) is 0. The molecule has 1 aliphatic rings. The predicted octanol–water partition coefficient (Wildman–Crippen LogP) is -2.09. The first-order valence-electron chi connectivity index (χ1n) is 5.65. The number of aromatic nitrogens is 2. The smallest absolute Gasteiger partial charge is 0.329 e. The molecule has 0 amide bonds. The van der Waals surface area contributed by atoms with Crippen molar-refractivity contribution in [2.45, 2.75) is 22.8 Å². The van der Waals surface area contributed by atoms with E-state index in [0.29, 0.717) is 0 Å². The predicted molar refractivity (Wildman–Crippen MR) is 70.4 cm³/mol. The summed E-state index contributed by atoms with van der Waals surface area (Å²) in [6, 6.07) is 0. The van der Waals surface area contributed by atoms with Crippen molar-refractivity contribution in [2.24, 2.45) is 0 Å². The van der Waals surface area contributed by atoms with Crippen LogP contribution in [0.2, 0.25) is 0 Å². The molecule has 0 radical (unpaired) electrons. The maximum absolute atomic E-state index is 11.8. The molecule has 1 aliphatic heterocycles. The molecule has 106 valence electrons.